The van der Waals surface area contributed by atoms with Gasteiger partial charge in [-0.05, 0) is 52.8 Å². The molecule has 0 spiro atoms. The Morgan fingerprint density at radius 2 is 1.78 bits per heavy atom. The molecule has 0 amide bonds. The highest BCUT2D eigenvalue weighted by Gasteiger charge is 2.11. The Morgan fingerprint density at radius 1 is 1.11 bits per heavy atom. The van der Waals surface area contributed by atoms with Gasteiger partial charge in [0.15, 0.2) is 0 Å². The summed E-state index contributed by atoms with van der Waals surface area (Å²) in [5, 5.41) is 0. The summed E-state index contributed by atoms with van der Waals surface area (Å²) in [6, 6.07) is 16.3. The highest BCUT2D eigenvalue weighted by Crippen LogP contribution is 2.25. The largest absolute Gasteiger partial charge is 0.496 e. The van der Waals surface area contributed by atoms with Crippen LogP contribution >= 0.6 is 22.6 Å². The van der Waals surface area contributed by atoms with Gasteiger partial charge in [-0.1, -0.05) is 30.3 Å². The Hall–Kier alpha value is -1.07. The van der Waals surface area contributed by atoms with Crippen molar-refractivity contribution in [3.05, 3.63) is 63.2 Å². The molecule has 0 aliphatic heterocycles. The predicted molar refractivity (Wildman–Crippen MR) is 82.8 cm³/mol. The maximum absolute atomic E-state index is 6.26. The second kappa shape index (κ2) is 6.20. The molecule has 0 saturated heterocycles. The summed E-state index contributed by atoms with van der Waals surface area (Å²) in [5.41, 5.74) is 8.56. The first-order valence-electron chi connectivity index (χ1n) is 5.83. The Morgan fingerprint density at radius 3 is 2.44 bits per heavy atom. The second-order valence-electron chi connectivity index (χ2n) is 4.18. The average molecular weight is 353 g/mol. The van der Waals surface area contributed by atoms with Crippen LogP contribution in [0.3, 0.4) is 0 Å². The lowest BCUT2D eigenvalue weighted by atomic mass is 9.99. The van der Waals surface area contributed by atoms with Gasteiger partial charge in [0.25, 0.3) is 0 Å². The molecule has 0 aliphatic carbocycles. The molecule has 2 N–H and O–H groups in total. The van der Waals surface area contributed by atoms with Crippen LogP contribution in [0.25, 0.3) is 0 Å². The van der Waals surface area contributed by atoms with E-state index in [0.717, 1.165) is 17.7 Å². The second-order valence-corrected chi connectivity index (χ2v) is 5.42. The smallest absolute Gasteiger partial charge is 0.123 e. The highest BCUT2D eigenvalue weighted by molar-refractivity contribution is 14.1. The number of rotatable bonds is 4. The van der Waals surface area contributed by atoms with Crippen molar-refractivity contribution in [3.8, 4) is 5.75 Å². The van der Waals surface area contributed by atoms with Crippen molar-refractivity contribution in [2.75, 3.05) is 7.11 Å². The van der Waals surface area contributed by atoms with Crippen LogP contribution in [-0.4, -0.2) is 7.11 Å². The summed E-state index contributed by atoms with van der Waals surface area (Å²) in [4.78, 5) is 0. The molecule has 1 unspecified atom stereocenters. The normalized spacial score (nSPS) is 12.2. The SMILES string of the molecule is COc1ccccc1C(N)Cc1ccc(I)cc1. The fraction of sp³-hybridized carbons (Fsp3) is 0.200. The first-order chi connectivity index (χ1) is 8.70. The van der Waals surface area contributed by atoms with E-state index in [1.54, 1.807) is 7.11 Å². The highest BCUT2D eigenvalue weighted by atomic mass is 127. The molecule has 0 heterocycles. The first-order valence-corrected chi connectivity index (χ1v) is 6.91. The standard InChI is InChI=1S/C15H16INO/c1-18-15-5-3-2-4-13(15)14(17)10-11-6-8-12(16)9-7-11/h2-9,14H,10,17H2,1H3. The molecular weight excluding hydrogens is 337 g/mol. The van der Waals surface area contributed by atoms with Gasteiger partial charge < -0.3 is 10.5 Å². The third-order valence-electron chi connectivity index (χ3n) is 2.91. The molecule has 0 aromatic heterocycles. The lowest BCUT2D eigenvalue weighted by molar-refractivity contribution is 0.405. The predicted octanol–water partition coefficient (Wildman–Crippen LogP) is 3.54. The van der Waals surface area contributed by atoms with E-state index in [4.69, 9.17) is 10.5 Å². The topological polar surface area (TPSA) is 35.2 Å². The van der Waals surface area contributed by atoms with Gasteiger partial charge in [-0.25, -0.2) is 0 Å². The summed E-state index contributed by atoms with van der Waals surface area (Å²) in [7, 11) is 1.68. The van der Waals surface area contributed by atoms with E-state index in [1.165, 1.54) is 9.13 Å². The third-order valence-corrected chi connectivity index (χ3v) is 3.63. The van der Waals surface area contributed by atoms with E-state index >= 15 is 0 Å². The fourth-order valence-corrected chi connectivity index (χ4v) is 2.32. The number of hydrogen-bond donors (Lipinski definition) is 1. The number of para-hydroxylation sites is 1. The van der Waals surface area contributed by atoms with Crippen molar-refractivity contribution in [2.24, 2.45) is 5.73 Å². The number of benzene rings is 2. The Kier molecular flexibility index (Phi) is 4.60. The fourth-order valence-electron chi connectivity index (χ4n) is 1.96. The molecule has 2 aromatic carbocycles. The molecule has 1 atom stereocenters. The van der Waals surface area contributed by atoms with Crippen LogP contribution < -0.4 is 10.5 Å². The minimum atomic E-state index is -0.0405. The Bertz CT molecular complexity index is 510. The molecule has 2 rings (SSSR count). The number of halogens is 1. The van der Waals surface area contributed by atoms with Crippen molar-refractivity contribution >= 4 is 22.6 Å². The van der Waals surface area contributed by atoms with Crippen LogP contribution in [0.15, 0.2) is 48.5 Å². The van der Waals surface area contributed by atoms with Gasteiger partial charge in [-0.2, -0.15) is 0 Å². The monoisotopic (exact) mass is 353 g/mol. The quantitative estimate of drug-likeness (QED) is 0.854. The summed E-state index contributed by atoms with van der Waals surface area (Å²) < 4.78 is 6.58. The summed E-state index contributed by atoms with van der Waals surface area (Å²) in [5.74, 6) is 0.857. The lowest BCUT2D eigenvalue weighted by Crippen LogP contribution is -2.14. The molecule has 3 heteroatoms. The zero-order chi connectivity index (χ0) is 13.0. The molecule has 0 radical (unpaired) electrons. The van der Waals surface area contributed by atoms with Gasteiger partial charge in [0.05, 0.1) is 7.11 Å². The molecule has 2 nitrogen and oxygen atoms in total. The van der Waals surface area contributed by atoms with E-state index in [9.17, 15) is 0 Å². The minimum Gasteiger partial charge on any atom is -0.496 e. The van der Waals surface area contributed by atoms with Gasteiger partial charge in [-0.3, -0.25) is 0 Å². The van der Waals surface area contributed by atoms with Crippen LogP contribution in [0.5, 0.6) is 5.75 Å². The Balaban J connectivity index is 2.16. The molecule has 18 heavy (non-hydrogen) atoms. The molecule has 0 fully saturated rings. The number of nitrogens with two attached hydrogens (primary N) is 1. The molecule has 94 valence electrons. The molecule has 0 saturated carbocycles. The van der Waals surface area contributed by atoms with Crippen molar-refractivity contribution in [2.45, 2.75) is 12.5 Å². The molecule has 2 aromatic rings. The van der Waals surface area contributed by atoms with Gasteiger partial charge in [0, 0.05) is 15.2 Å². The van der Waals surface area contributed by atoms with Crippen LogP contribution in [0.1, 0.15) is 17.2 Å². The first kappa shape index (κ1) is 13.4. The number of ether oxygens (including phenoxy) is 1. The summed E-state index contributed by atoms with van der Waals surface area (Å²) in [6.45, 7) is 0. The summed E-state index contributed by atoms with van der Waals surface area (Å²) in [6.07, 6.45) is 0.817. The van der Waals surface area contributed by atoms with Gasteiger partial charge in [-0.15, -0.1) is 0 Å². The van der Waals surface area contributed by atoms with E-state index in [2.05, 4.69) is 46.9 Å². The van der Waals surface area contributed by atoms with Crippen LogP contribution in [0, 0.1) is 3.57 Å². The van der Waals surface area contributed by atoms with Crippen molar-refractivity contribution in [1.29, 1.82) is 0 Å². The minimum absolute atomic E-state index is 0.0405. The number of hydrogen-bond acceptors (Lipinski definition) is 2. The van der Waals surface area contributed by atoms with Crippen LogP contribution in [0.2, 0.25) is 0 Å². The van der Waals surface area contributed by atoms with E-state index in [0.29, 0.717) is 0 Å². The van der Waals surface area contributed by atoms with Crippen LogP contribution in [0.4, 0.5) is 0 Å². The average Bonchev–Trinajstić information content (AvgIpc) is 2.41. The lowest BCUT2D eigenvalue weighted by Gasteiger charge is -2.15. The van der Waals surface area contributed by atoms with Gasteiger partial charge in [0.2, 0.25) is 0 Å². The van der Waals surface area contributed by atoms with Crippen molar-refractivity contribution in [1.82, 2.24) is 0 Å². The van der Waals surface area contributed by atoms with Gasteiger partial charge in [0.1, 0.15) is 5.75 Å². The third kappa shape index (κ3) is 3.23. The van der Waals surface area contributed by atoms with Crippen LogP contribution in [-0.2, 0) is 6.42 Å². The van der Waals surface area contributed by atoms with Gasteiger partial charge >= 0.3 is 0 Å². The van der Waals surface area contributed by atoms with Crippen molar-refractivity contribution < 1.29 is 4.74 Å². The van der Waals surface area contributed by atoms with E-state index < -0.39 is 0 Å². The molecular formula is C15H16INO. The number of methoxy groups -OCH3 is 1. The zero-order valence-corrected chi connectivity index (χ0v) is 12.4. The maximum Gasteiger partial charge on any atom is 0.123 e. The van der Waals surface area contributed by atoms with E-state index in [-0.39, 0.29) is 6.04 Å². The summed E-state index contributed by atoms with van der Waals surface area (Å²) >= 11 is 2.30. The molecule has 0 bridgehead atoms. The molecule has 0 aliphatic rings. The van der Waals surface area contributed by atoms with Crippen molar-refractivity contribution in [3.63, 3.8) is 0 Å². The Labute approximate surface area is 121 Å². The zero-order valence-electron chi connectivity index (χ0n) is 10.3. The van der Waals surface area contributed by atoms with E-state index in [1.807, 2.05) is 24.3 Å². The maximum atomic E-state index is 6.26.